The Bertz CT molecular complexity index is 643. The second-order valence-corrected chi connectivity index (χ2v) is 7.14. The molecule has 1 atom stereocenters. The average molecular weight is 520 g/mol. The molecule has 0 saturated heterocycles. The molecule has 166 valence electrons. The van der Waals surface area contributed by atoms with Gasteiger partial charge in [-0.15, -0.1) is 24.0 Å². The number of fused-ring (bicyclic) bond motifs is 1. The van der Waals surface area contributed by atoms with E-state index in [-0.39, 0.29) is 30.1 Å². The van der Waals surface area contributed by atoms with Crippen LogP contribution in [-0.2, 0) is 17.7 Å². The Morgan fingerprint density at radius 3 is 2.79 bits per heavy atom. The second kappa shape index (κ2) is 13.9. The number of hydrogen-bond acceptors (Lipinski definition) is 5. The number of nitrogens with zero attached hydrogens (tertiary/aromatic N) is 2. The van der Waals surface area contributed by atoms with Crippen LogP contribution in [0.2, 0.25) is 0 Å². The lowest BCUT2D eigenvalue weighted by Crippen LogP contribution is -2.38. The highest BCUT2D eigenvalue weighted by Gasteiger charge is 2.21. The van der Waals surface area contributed by atoms with E-state index in [4.69, 9.17) is 14.2 Å². The van der Waals surface area contributed by atoms with Gasteiger partial charge in [-0.25, -0.2) is 0 Å². The smallest absolute Gasteiger partial charge is 0.191 e. The Morgan fingerprint density at radius 2 is 2.10 bits per heavy atom. The lowest BCUT2D eigenvalue weighted by molar-refractivity contribution is 0.161. The maximum Gasteiger partial charge on any atom is 0.191 e. The topological polar surface area (TPSA) is 67.4 Å². The zero-order valence-electron chi connectivity index (χ0n) is 18.4. The van der Waals surface area contributed by atoms with Crippen molar-refractivity contribution in [3.63, 3.8) is 0 Å². The van der Waals surface area contributed by atoms with E-state index < -0.39 is 0 Å². The van der Waals surface area contributed by atoms with Crippen LogP contribution >= 0.6 is 24.0 Å². The molecule has 0 spiro atoms. The summed E-state index contributed by atoms with van der Waals surface area (Å²) in [6, 6.07) is 4.21. The molecule has 0 amide bonds. The Kier molecular flexibility index (Phi) is 12.3. The van der Waals surface area contributed by atoms with Crippen molar-refractivity contribution in [1.29, 1.82) is 0 Å². The maximum atomic E-state index is 5.90. The number of halogens is 1. The van der Waals surface area contributed by atoms with Crippen LogP contribution in [0.1, 0.15) is 31.4 Å². The molecule has 0 fully saturated rings. The number of benzene rings is 1. The van der Waals surface area contributed by atoms with Gasteiger partial charge in [-0.05, 0) is 46.0 Å². The number of rotatable bonds is 11. The zero-order valence-corrected chi connectivity index (χ0v) is 20.7. The highest BCUT2D eigenvalue weighted by atomic mass is 127. The molecule has 29 heavy (non-hydrogen) atoms. The molecule has 8 heteroatoms. The molecule has 1 aromatic rings. The van der Waals surface area contributed by atoms with Crippen molar-refractivity contribution in [3.8, 4) is 11.5 Å². The SMILES string of the molecule is CCOc1cc2c(cc1CNC(=NC)NCCCN(C)CCOC)OC(C)C2.I. The minimum absolute atomic E-state index is 0. The Balaban J connectivity index is 0.00000420. The van der Waals surface area contributed by atoms with E-state index in [9.17, 15) is 0 Å². The van der Waals surface area contributed by atoms with Crippen LogP contribution in [0.3, 0.4) is 0 Å². The first-order valence-corrected chi connectivity index (χ1v) is 10.1. The van der Waals surface area contributed by atoms with Crippen LogP contribution in [0.25, 0.3) is 0 Å². The number of methoxy groups -OCH3 is 1. The fourth-order valence-corrected chi connectivity index (χ4v) is 3.22. The normalized spacial score (nSPS) is 15.5. The first-order valence-electron chi connectivity index (χ1n) is 10.1. The molecule has 1 aromatic carbocycles. The van der Waals surface area contributed by atoms with E-state index in [1.54, 1.807) is 14.2 Å². The summed E-state index contributed by atoms with van der Waals surface area (Å²) in [5.41, 5.74) is 2.30. The monoisotopic (exact) mass is 520 g/mol. The summed E-state index contributed by atoms with van der Waals surface area (Å²) in [7, 11) is 5.63. The summed E-state index contributed by atoms with van der Waals surface area (Å²) in [4.78, 5) is 6.58. The second-order valence-electron chi connectivity index (χ2n) is 7.14. The molecule has 2 N–H and O–H groups in total. The van der Waals surface area contributed by atoms with Crippen LogP contribution in [-0.4, -0.2) is 71.0 Å². The van der Waals surface area contributed by atoms with E-state index in [0.29, 0.717) is 13.2 Å². The first-order chi connectivity index (χ1) is 13.6. The van der Waals surface area contributed by atoms with Crippen molar-refractivity contribution in [1.82, 2.24) is 15.5 Å². The molecular formula is C21H37IN4O3. The fourth-order valence-electron chi connectivity index (χ4n) is 3.22. The van der Waals surface area contributed by atoms with Crippen LogP contribution in [0, 0.1) is 0 Å². The van der Waals surface area contributed by atoms with Crippen molar-refractivity contribution >= 4 is 29.9 Å². The molecule has 0 aromatic heterocycles. The summed E-state index contributed by atoms with van der Waals surface area (Å²) in [6.07, 6.45) is 2.20. The van der Waals surface area contributed by atoms with Gasteiger partial charge in [-0.2, -0.15) is 0 Å². The van der Waals surface area contributed by atoms with Crippen molar-refractivity contribution in [2.75, 3.05) is 54.1 Å². The number of aliphatic imine (C=N–C) groups is 1. The standard InChI is InChI=1S/C21H36N4O3.HI/c1-6-27-19-13-17-12-16(2)28-20(17)14-18(19)15-24-21(22-3)23-8-7-9-25(4)10-11-26-5;/h13-14,16H,6-12,15H2,1-5H3,(H2,22,23,24);1H. The molecule has 1 aliphatic heterocycles. The van der Waals surface area contributed by atoms with Crippen LogP contribution < -0.4 is 20.1 Å². The van der Waals surface area contributed by atoms with Gasteiger partial charge in [0.15, 0.2) is 5.96 Å². The van der Waals surface area contributed by atoms with Crippen LogP contribution in [0.15, 0.2) is 17.1 Å². The van der Waals surface area contributed by atoms with Gasteiger partial charge in [0, 0.05) is 51.3 Å². The molecule has 7 nitrogen and oxygen atoms in total. The minimum atomic E-state index is 0. The number of likely N-dealkylation sites (N-methyl/N-ethyl adjacent to an activating group) is 1. The third kappa shape index (κ3) is 8.55. The van der Waals surface area contributed by atoms with E-state index in [1.165, 1.54) is 5.56 Å². The summed E-state index contributed by atoms with van der Waals surface area (Å²) < 4.78 is 16.9. The van der Waals surface area contributed by atoms with Gasteiger partial charge in [0.2, 0.25) is 0 Å². The average Bonchev–Trinajstić information content (AvgIpc) is 3.04. The summed E-state index contributed by atoms with van der Waals surface area (Å²) in [5, 5.41) is 6.75. The largest absolute Gasteiger partial charge is 0.494 e. The van der Waals surface area contributed by atoms with E-state index in [0.717, 1.165) is 62.1 Å². The lowest BCUT2D eigenvalue weighted by Gasteiger charge is -2.17. The minimum Gasteiger partial charge on any atom is -0.494 e. The number of ether oxygens (including phenoxy) is 3. The number of guanidine groups is 1. The Labute approximate surface area is 192 Å². The molecule has 1 heterocycles. The molecule has 1 aliphatic rings. The van der Waals surface area contributed by atoms with Gasteiger partial charge in [0.05, 0.1) is 13.2 Å². The maximum absolute atomic E-state index is 5.90. The highest BCUT2D eigenvalue weighted by Crippen LogP contribution is 2.35. The fraction of sp³-hybridized carbons (Fsp3) is 0.667. The van der Waals surface area contributed by atoms with Crippen LogP contribution in [0.5, 0.6) is 11.5 Å². The first kappa shape index (κ1) is 25.8. The highest BCUT2D eigenvalue weighted by molar-refractivity contribution is 14.0. The molecule has 2 rings (SSSR count). The van der Waals surface area contributed by atoms with Gasteiger partial charge >= 0.3 is 0 Å². The quantitative estimate of drug-likeness (QED) is 0.203. The number of hydrogen-bond donors (Lipinski definition) is 2. The molecule has 0 aliphatic carbocycles. The third-order valence-electron chi connectivity index (χ3n) is 4.74. The lowest BCUT2D eigenvalue weighted by atomic mass is 10.1. The van der Waals surface area contributed by atoms with Gasteiger partial charge in [-0.1, -0.05) is 0 Å². The molecule has 1 unspecified atom stereocenters. The van der Waals surface area contributed by atoms with E-state index >= 15 is 0 Å². The van der Waals surface area contributed by atoms with Gasteiger partial charge in [-0.3, -0.25) is 4.99 Å². The van der Waals surface area contributed by atoms with Crippen molar-refractivity contribution in [2.24, 2.45) is 4.99 Å². The molecule has 0 saturated carbocycles. The van der Waals surface area contributed by atoms with Crippen molar-refractivity contribution in [2.45, 2.75) is 39.3 Å². The third-order valence-corrected chi connectivity index (χ3v) is 4.74. The summed E-state index contributed by atoms with van der Waals surface area (Å²) in [6.45, 7) is 8.97. The summed E-state index contributed by atoms with van der Waals surface area (Å²) >= 11 is 0. The predicted octanol–water partition coefficient (Wildman–Crippen LogP) is 2.66. The molecular weight excluding hydrogens is 483 g/mol. The van der Waals surface area contributed by atoms with Crippen molar-refractivity contribution < 1.29 is 14.2 Å². The predicted molar refractivity (Wildman–Crippen MR) is 129 cm³/mol. The van der Waals surface area contributed by atoms with Gasteiger partial charge < -0.3 is 29.7 Å². The van der Waals surface area contributed by atoms with E-state index in [2.05, 4.69) is 46.6 Å². The zero-order chi connectivity index (χ0) is 20.4. The Hall–Kier alpha value is -1.26. The van der Waals surface area contributed by atoms with Crippen molar-refractivity contribution in [3.05, 3.63) is 23.3 Å². The number of nitrogens with one attached hydrogen (secondary N) is 2. The Morgan fingerprint density at radius 1 is 1.31 bits per heavy atom. The molecule has 0 bridgehead atoms. The van der Waals surface area contributed by atoms with Gasteiger partial charge in [0.25, 0.3) is 0 Å². The molecule has 0 radical (unpaired) electrons. The summed E-state index contributed by atoms with van der Waals surface area (Å²) in [5.74, 6) is 2.67. The van der Waals surface area contributed by atoms with Gasteiger partial charge in [0.1, 0.15) is 17.6 Å². The van der Waals surface area contributed by atoms with E-state index in [1.807, 2.05) is 6.92 Å². The van der Waals surface area contributed by atoms with Crippen LogP contribution in [0.4, 0.5) is 0 Å².